The van der Waals surface area contributed by atoms with Crippen molar-refractivity contribution in [2.45, 2.75) is 0 Å². The Balaban J connectivity index is 2.18. The van der Waals surface area contributed by atoms with Gasteiger partial charge >= 0.3 is 0 Å². The highest BCUT2D eigenvalue weighted by Crippen LogP contribution is 2.48. The Bertz CT molecular complexity index is 655. The number of halogens is 4. The lowest BCUT2D eigenvalue weighted by atomic mass is 10.2. The monoisotopic (exact) mass is 256 g/mol. The Morgan fingerprint density at radius 2 is 1.50 bits per heavy atom. The van der Waals surface area contributed by atoms with Gasteiger partial charge in [-0.05, 0) is 12.1 Å². The molecule has 0 N–H and O–H groups in total. The summed E-state index contributed by atoms with van der Waals surface area (Å²) >= 11 is 0. The second-order valence-corrected chi connectivity index (χ2v) is 3.61. The standard InChI is InChI=1S/C12H4F4O2/c13-5-3-7(15)11-9(4-5)17-8-2-1-6(14)10(16)12(8)18-11/h1-4H. The second kappa shape index (κ2) is 3.63. The van der Waals surface area contributed by atoms with E-state index in [1.807, 2.05) is 0 Å². The zero-order chi connectivity index (χ0) is 12.9. The van der Waals surface area contributed by atoms with Crippen molar-refractivity contribution < 1.29 is 27.0 Å². The smallest absolute Gasteiger partial charge is 0.208 e. The largest absolute Gasteiger partial charge is 0.449 e. The highest BCUT2D eigenvalue weighted by molar-refractivity contribution is 5.55. The van der Waals surface area contributed by atoms with Gasteiger partial charge in [-0.15, -0.1) is 0 Å². The predicted molar refractivity (Wildman–Crippen MR) is 52.9 cm³/mol. The molecule has 1 aliphatic rings. The maximum absolute atomic E-state index is 13.4. The van der Waals surface area contributed by atoms with E-state index >= 15 is 0 Å². The molecule has 2 aromatic carbocycles. The molecule has 92 valence electrons. The lowest BCUT2D eigenvalue weighted by molar-refractivity contribution is 0.316. The van der Waals surface area contributed by atoms with Crippen LogP contribution in [0.25, 0.3) is 0 Å². The van der Waals surface area contributed by atoms with Crippen LogP contribution >= 0.6 is 0 Å². The predicted octanol–water partition coefficient (Wildman–Crippen LogP) is 4.14. The number of fused-ring (bicyclic) bond motifs is 2. The molecule has 1 aliphatic heterocycles. The molecule has 1 heterocycles. The van der Waals surface area contributed by atoms with Crippen molar-refractivity contribution in [3.05, 3.63) is 47.5 Å². The maximum atomic E-state index is 13.4. The first-order valence-corrected chi connectivity index (χ1v) is 4.89. The van der Waals surface area contributed by atoms with Crippen LogP contribution in [0.3, 0.4) is 0 Å². The third kappa shape index (κ3) is 1.49. The molecule has 2 nitrogen and oxygen atoms in total. The second-order valence-electron chi connectivity index (χ2n) is 3.61. The minimum absolute atomic E-state index is 0.147. The molecular formula is C12H4F4O2. The van der Waals surface area contributed by atoms with Gasteiger partial charge in [-0.3, -0.25) is 0 Å². The van der Waals surface area contributed by atoms with Gasteiger partial charge in [-0.1, -0.05) is 0 Å². The minimum Gasteiger partial charge on any atom is -0.449 e. The van der Waals surface area contributed by atoms with E-state index in [2.05, 4.69) is 0 Å². The summed E-state index contributed by atoms with van der Waals surface area (Å²) in [6.45, 7) is 0. The summed E-state index contributed by atoms with van der Waals surface area (Å²) in [4.78, 5) is 0. The summed E-state index contributed by atoms with van der Waals surface area (Å²) < 4.78 is 62.7. The Morgan fingerprint density at radius 3 is 2.28 bits per heavy atom. The van der Waals surface area contributed by atoms with Gasteiger partial charge in [0.15, 0.2) is 23.1 Å². The average Bonchev–Trinajstić information content (AvgIpc) is 2.32. The summed E-state index contributed by atoms with van der Waals surface area (Å²) in [6, 6.07) is 3.39. The van der Waals surface area contributed by atoms with Gasteiger partial charge in [0.2, 0.25) is 17.3 Å². The minimum atomic E-state index is -1.29. The highest BCUT2D eigenvalue weighted by Gasteiger charge is 2.27. The normalized spacial score (nSPS) is 12.2. The number of hydrogen-bond donors (Lipinski definition) is 0. The maximum Gasteiger partial charge on any atom is 0.208 e. The first kappa shape index (κ1) is 10.9. The van der Waals surface area contributed by atoms with Crippen LogP contribution in [0.1, 0.15) is 0 Å². The summed E-state index contributed by atoms with van der Waals surface area (Å²) in [5.41, 5.74) is 0. The Kier molecular flexibility index (Phi) is 2.19. The van der Waals surface area contributed by atoms with Crippen LogP contribution in [-0.4, -0.2) is 0 Å². The molecular weight excluding hydrogens is 252 g/mol. The van der Waals surface area contributed by atoms with E-state index in [-0.39, 0.29) is 11.5 Å². The van der Waals surface area contributed by atoms with Crippen molar-refractivity contribution in [1.82, 2.24) is 0 Å². The van der Waals surface area contributed by atoms with Crippen LogP contribution in [0.2, 0.25) is 0 Å². The summed E-state index contributed by atoms with van der Waals surface area (Å²) in [7, 11) is 0. The molecule has 0 spiro atoms. The van der Waals surface area contributed by atoms with Gasteiger partial charge in [0, 0.05) is 12.1 Å². The van der Waals surface area contributed by atoms with E-state index in [1.54, 1.807) is 0 Å². The van der Waals surface area contributed by atoms with Gasteiger partial charge in [0.05, 0.1) is 0 Å². The van der Waals surface area contributed by atoms with Crippen molar-refractivity contribution in [1.29, 1.82) is 0 Å². The SMILES string of the molecule is Fc1cc(F)c2c(c1)Oc1ccc(F)c(F)c1O2. The van der Waals surface area contributed by atoms with Gasteiger partial charge in [-0.2, -0.15) is 4.39 Å². The molecule has 0 aliphatic carbocycles. The molecule has 0 fully saturated rings. The van der Waals surface area contributed by atoms with E-state index in [1.165, 1.54) is 0 Å². The molecule has 0 aromatic heterocycles. The van der Waals surface area contributed by atoms with Gasteiger partial charge < -0.3 is 9.47 Å². The fraction of sp³-hybridized carbons (Fsp3) is 0. The first-order chi connectivity index (χ1) is 8.56. The van der Waals surface area contributed by atoms with E-state index < -0.39 is 34.8 Å². The fourth-order valence-electron chi connectivity index (χ4n) is 1.62. The molecule has 0 radical (unpaired) electrons. The fourth-order valence-corrected chi connectivity index (χ4v) is 1.62. The first-order valence-electron chi connectivity index (χ1n) is 4.89. The van der Waals surface area contributed by atoms with E-state index in [9.17, 15) is 17.6 Å². The molecule has 0 saturated heterocycles. The van der Waals surface area contributed by atoms with Crippen molar-refractivity contribution in [2.24, 2.45) is 0 Å². The topological polar surface area (TPSA) is 18.5 Å². The van der Waals surface area contributed by atoms with Crippen LogP contribution in [0, 0.1) is 23.3 Å². The molecule has 6 heteroatoms. The number of hydrogen-bond acceptors (Lipinski definition) is 2. The number of rotatable bonds is 0. The Morgan fingerprint density at radius 1 is 0.722 bits per heavy atom. The van der Waals surface area contributed by atoms with E-state index in [4.69, 9.17) is 9.47 Å². The summed E-state index contributed by atoms with van der Waals surface area (Å²) in [6.07, 6.45) is 0. The highest BCUT2D eigenvalue weighted by atomic mass is 19.2. The van der Waals surface area contributed by atoms with Gasteiger partial charge in [0.25, 0.3) is 0 Å². The lowest BCUT2D eigenvalue weighted by Gasteiger charge is -2.21. The van der Waals surface area contributed by atoms with Gasteiger partial charge in [-0.25, -0.2) is 13.2 Å². The van der Waals surface area contributed by atoms with Crippen LogP contribution < -0.4 is 9.47 Å². The summed E-state index contributed by atoms with van der Waals surface area (Å²) in [5, 5.41) is 0. The molecule has 18 heavy (non-hydrogen) atoms. The van der Waals surface area contributed by atoms with Crippen molar-refractivity contribution in [2.75, 3.05) is 0 Å². The molecule has 0 bridgehead atoms. The van der Waals surface area contributed by atoms with Crippen LogP contribution in [-0.2, 0) is 0 Å². The number of benzene rings is 2. The lowest BCUT2D eigenvalue weighted by Crippen LogP contribution is -2.04. The molecule has 0 saturated carbocycles. The summed E-state index contributed by atoms with van der Waals surface area (Å²) in [5.74, 6) is -5.77. The molecule has 2 aromatic rings. The molecule has 0 amide bonds. The van der Waals surface area contributed by atoms with Crippen LogP contribution in [0.4, 0.5) is 17.6 Å². The van der Waals surface area contributed by atoms with Crippen molar-refractivity contribution in [3.63, 3.8) is 0 Å². The average molecular weight is 256 g/mol. The Labute approximate surface area is 98.4 Å². The number of ether oxygens (including phenoxy) is 2. The molecule has 3 rings (SSSR count). The zero-order valence-electron chi connectivity index (χ0n) is 8.64. The third-order valence-corrected chi connectivity index (χ3v) is 2.41. The van der Waals surface area contributed by atoms with Crippen LogP contribution in [0.15, 0.2) is 24.3 Å². The third-order valence-electron chi connectivity index (χ3n) is 2.41. The van der Waals surface area contributed by atoms with Crippen LogP contribution in [0.5, 0.6) is 23.0 Å². The van der Waals surface area contributed by atoms with E-state index in [0.717, 1.165) is 18.2 Å². The van der Waals surface area contributed by atoms with Crippen molar-refractivity contribution in [3.8, 4) is 23.0 Å². The van der Waals surface area contributed by atoms with E-state index in [0.29, 0.717) is 6.07 Å². The molecule has 0 unspecified atom stereocenters. The van der Waals surface area contributed by atoms with Crippen molar-refractivity contribution >= 4 is 0 Å². The molecule has 0 atom stereocenters. The zero-order valence-corrected chi connectivity index (χ0v) is 8.64. The quantitative estimate of drug-likeness (QED) is 0.563. The van der Waals surface area contributed by atoms with Gasteiger partial charge in [0.1, 0.15) is 5.82 Å². The Hall–Kier alpha value is -2.24.